The quantitative estimate of drug-likeness (QED) is 0.784. The summed E-state index contributed by atoms with van der Waals surface area (Å²) < 4.78 is 0. The lowest BCUT2D eigenvalue weighted by Crippen LogP contribution is -2.12. The summed E-state index contributed by atoms with van der Waals surface area (Å²) in [5.41, 5.74) is 7.93. The number of hydrogen-bond acceptors (Lipinski definition) is 3. The molecule has 1 aliphatic carbocycles. The Balaban J connectivity index is 2.32. The molecule has 0 unspecified atom stereocenters. The van der Waals surface area contributed by atoms with Gasteiger partial charge in [0.15, 0.2) is 0 Å². The zero-order valence-corrected chi connectivity index (χ0v) is 8.88. The van der Waals surface area contributed by atoms with Gasteiger partial charge in [-0.2, -0.15) is 0 Å². The lowest BCUT2D eigenvalue weighted by molar-refractivity contribution is 0.689. The van der Waals surface area contributed by atoms with Crippen molar-refractivity contribution in [1.29, 1.82) is 0 Å². The van der Waals surface area contributed by atoms with Gasteiger partial charge in [0.1, 0.15) is 5.82 Å². The molecule has 1 fully saturated rings. The van der Waals surface area contributed by atoms with Gasteiger partial charge in [-0.05, 0) is 32.4 Å². The van der Waals surface area contributed by atoms with E-state index in [0.717, 1.165) is 23.6 Å². The first-order valence-corrected chi connectivity index (χ1v) is 5.19. The molecule has 1 heterocycles. The highest BCUT2D eigenvalue weighted by atomic mass is 14.9. The average molecular weight is 191 g/mol. The molecule has 0 spiro atoms. The fourth-order valence-corrected chi connectivity index (χ4v) is 1.59. The van der Waals surface area contributed by atoms with Gasteiger partial charge in [-0.3, -0.25) is 0 Å². The Labute approximate surface area is 84.8 Å². The molecule has 1 aromatic rings. The largest absolute Gasteiger partial charge is 0.330 e. The smallest absolute Gasteiger partial charge is 0.134 e. The topological polar surface area (TPSA) is 51.8 Å². The molecule has 0 bridgehead atoms. The number of aryl methyl sites for hydroxylation is 1. The van der Waals surface area contributed by atoms with Crippen LogP contribution in [0.4, 0.5) is 0 Å². The van der Waals surface area contributed by atoms with Crippen molar-refractivity contribution in [1.82, 2.24) is 9.97 Å². The van der Waals surface area contributed by atoms with Crippen molar-refractivity contribution >= 4 is 0 Å². The van der Waals surface area contributed by atoms with E-state index in [0.29, 0.717) is 6.54 Å². The van der Waals surface area contributed by atoms with E-state index in [1.54, 1.807) is 0 Å². The van der Waals surface area contributed by atoms with Gasteiger partial charge in [-0.25, -0.2) is 9.97 Å². The predicted molar refractivity (Wildman–Crippen MR) is 56.1 cm³/mol. The molecule has 1 aromatic heterocycles. The van der Waals surface area contributed by atoms with E-state index >= 15 is 0 Å². The van der Waals surface area contributed by atoms with Crippen molar-refractivity contribution in [2.45, 2.75) is 38.5 Å². The van der Waals surface area contributed by atoms with Gasteiger partial charge in [-0.15, -0.1) is 0 Å². The van der Waals surface area contributed by atoms with Crippen molar-refractivity contribution in [3.8, 4) is 0 Å². The molecule has 1 saturated carbocycles. The second kappa shape index (κ2) is 3.31. The van der Waals surface area contributed by atoms with E-state index in [-0.39, 0.29) is 5.41 Å². The highest BCUT2D eigenvalue weighted by Crippen LogP contribution is 2.45. The van der Waals surface area contributed by atoms with Gasteiger partial charge >= 0.3 is 0 Å². The van der Waals surface area contributed by atoms with Crippen LogP contribution < -0.4 is 5.73 Å². The maximum atomic E-state index is 5.52. The van der Waals surface area contributed by atoms with Crippen LogP contribution in [0.1, 0.15) is 37.0 Å². The third kappa shape index (κ3) is 1.77. The molecule has 14 heavy (non-hydrogen) atoms. The van der Waals surface area contributed by atoms with Crippen LogP contribution in [0.3, 0.4) is 0 Å². The number of nitrogens with zero attached hydrogens (tertiary/aromatic N) is 2. The monoisotopic (exact) mass is 191 g/mol. The number of rotatable bonds is 3. The molecule has 0 radical (unpaired) electrons. The second-order valence-corrected chi connectivity index (χ2v) is 4.42. The highest BCUT2D eigenvalue weighted by Gasteiger charge is 2.42. The van der Waals surface area contributed by atoms with Gasteiger partial charge in [0, 0.05) is 23.2 Å². The molecule has 3 heteroatoms. The third-order valence-electron chi connectivity index (χ3n) is 2.85. The highest BCUT2D eigenvalue weighted by molar-refractivity contribution is 5.20. The van der Waals surface area contributed by atoms with Gasteiger partial charge in [0.05, 0.1) is 0 Å². The van der Waals surface area contributed by atoms with Crippen molar-refractivity contribution in [2.24, 2.45) is 5.73 Å². The lowest BCUT2D eigenvalue weighted by atomic mass is 10.1. The second-order valence-electron chi connectivity index (χ2n) is 4.42. The summed E-state index contributed by atoms with van der Waals surface area (Å²) in [4.78, 5) is 9.06. The minimum Gasteiger partial charge on any atom is -0.330 e. The maximum Gasteiger partial charge on any atom is 0.134 e. The molecule has 0 aliphatic heterocycles. The summed E-state index contributed by atoms with van der Waals surface area (Å²) >= 11 is 0. The SMILES string of the molecule is Cc1cc(CCN)nc(C2(C)CC2)n1. The molecule has 3 nitrogen and oxygen atoms in total. The molecule has 2 N–H and O–H groups in total. The van der Waals surface area contributed by atoms with Crippen LogP contribution in [0.25, 0.3) is 0 Å². The summed E-state index contributed by atoms with van der Waals surface area (Å²) in [6.07, 6.45) is 3.30. The Morgan fingerprint density at radius 1 is 1.43 bits per heavy atom. The molecule has 0 aromatic carbocycles. The Morgan fingerprint density at radius 3 is 2.71 bits per heavy atom. The number of nitrogens with two attached hydrogens (primary N) is 1. The van der Waals surface area contributed by atoms with Crippen LogP contribution in [0.2, 0.25) is 0 Å². The first kappa shape index (κ1) is 9.59. The summed E-state index contributed by atoms with van der Waals surface area (Å²) in [7, 11) is 0. The molecule has 0 atom stereocenters. The standard InChI is InChI=1S/C11H17N3/c1-8-7-9(3-6-12)14-10(13-8)11(2)4-5-11/h7H,3-6,12H2,1-2H3. The van der Waals surface area contributed by atoms with E-state index in [1.165, 1.54) is 12.8 Å². The minimum atomic E-state index is 0.259. The van der Waals surface area contributed by atoms with Crippen LogP contribution in [0, 0.1) is 6.92 Å². The molecule has 0 saturated heterocycles. The van der Waals surface area contributed by atoms with E-state index in [9.17, 15) is 0 Å². The molecule has 2 rings (SSSR count). The van der Waals surface area contributed by atoms with Crippen LogP contribution in [-0.2, 0) is 11.8 Å². The Kier molecular flexibility index (Phi) is 2.27. The van der Waals surface area contributed by atoms with Crippen molar-refractivity contribution in [3.05, 3.63) is 23.3 Å². The van der Waals surface area contributed by atoms with Gasteiger partial charge < -0.3 is 5.73 Å². The normalized spacial score (nSPS) is 18.2. The van der Waals surface area contributed by atoms with E-state index in [4.69, 9.17) is 5.73 Å². The molecule has 1 aliphatic rings. The van der Waals surface area contributed by atoms with Crippen molar-refractivity contribution < 1.29 is 0 Å². The first-order chi connectivity index (χ1) is 6.64. The van der Waals surface area contributed by atoms with Crippen LogP contribution >= 0.6 is 0 Å². The zero-order chi connectivity index (χ0) is 10.2. The number of hydrogen-bond donors (Lipinski definition) is 1. The fourth-order valence-electron chi connectivity index (χ4n) is 1.59. The first-order valence-electron chi connectivity index (χ1n) is 5.19. The molecular weight excluding hydrogens is 174 g/mol. The Morgan fingerprint density at radius 2 is 2.14 bits per heavy atom. The van der Waals surface area contributed by atoms with Crippen LogP contribution in [0.15, 0.2) is 6.07 Å². The Hall–Kier alpha value is -0.960. The lowest BCUT2D eigenvalue weighted by Gasteiger charge is -2.09. The van der Waals surface area contributed by atoms with E-state index in [1.807, 2.05) is 13.0 Å². The molecular formula is C11H17N3. The summed E-state index contributed by atoms with van der Waals surface area (Å²) in [6, 6.07) is 2.03. The van der Waals surface area contributed by atoms with Gasteiger partial charge in [0.25, 0.3) is 0 Å². The van der Waals surface area contributed by atoms with Gasteiger partial charge in [0.2, 0.25) is 0 Å². The molecule has 76 valence electrons. The minimum absolute atomic E-state index is 0.259. The molecule has 0 amide bonds. The van der Waals surface area contributed by atoms with Crippen molar-refractivity contribution in [3.63, 3.8) is 0 Å². The maximum absolute atomic E-state index is 5.52. The van der Waals surface area contributed by atoms with Crippen LogP contribution in [-0.4, -0.2) is 16.5 Å². The zero-order valence-electron chi connectivity index (χ0n) is 8.88. The summed E-state index contributed by atoms with van der Waals surface area (Å²) in [5.74, 6) is 1.01. The van der Waals surface area contributed by atoms with E-state index < -0.39 is 0 Å². The fraction of sp³-hybridized carbons (Fsp3) is 0.636. The van der Waals surface area contributed by atoms with Gasteiger partial charge in [-0.1, -0.05) is 6.92 Å². The van der Waals surface area contributed by atoms with E-state index in [2.05, 4.69) is 16.9 Å². The number of aromatic nitrogens is 2. The van der Waals surface area contributed by atoms with Crippen LogP contribution in [0.5, 0.6) is 0 Å². The summed E-state index contributed by atoms with van der Waals surface area (Å²) in [6.45, 7) is 4.91. The Bertz CT molecular complexity index is 342. The third-order valence-corrected chi connectivity index (χ3v) is 2.85. The predicted octanol–water partition coefficient (Wildman–Crippen LogP) is 1.34. The van der Waals surface area contributed by atoms with Crippen molar-refractivity contribution in [2.75, 3.05) is 6.54 Å². The average Bonchev–Trinajstić information content (AvgIpc) is 2.85. The summed E-state index contributed by atoms with van der Waals surface area (Å²) in [5, 5.41) is 0.